The van der Waals surface area contributed by atoms with Crippen molar-refractivity contribution >= 4 is 11.8 Å². The summed E-state index contributed by atoms with van der Waals surface area (Å²) in [5.74, 6) is 1.89. The van der Waals surface area contributed by atoms with Crippen LogP contribution in [0.3, 0.4) is 0 Å². The molecular formula is C14H19NOS. The fourth-order valence-electron chi connectivity index (χ4n) is 1.82. The van der Waals surface area contributed by atoms with Crippen LogP contribution in [-0.2, 0) is 6.42 Å². The van der Waals surface area contributed by atoms with Gasteiger partial charge in [0.2, 0.25) is 0 Å². The van der Waals surface area contributed by atoms with Crippen LogP contribution >= 0.6 is 11.8 Å². The Morgan fingerprint density at radius 3 is 2.71 bits per heavy atom. The standard InChI is InChI=1S/C14H19NOS/c1-4-16-14-8-7-13(11(2)12(14)3)6-5-9-17-10-15/h7-8H,4-6,9H2,1-3H3. The molecule has 0 aliphatic heterocycles. The molecule has 0 heterocycles. The first kappa shape index (κ1) is 13.9. The zero-order chi connectivity index (χ0) is 12.7. The average molecular weight is 249 g/mol. The van der Waals surface area contributed by atoms with Gasteiger partial charge in [-0.3, -0.25) is 0 Å². The van der Waals surface area contributed by atoms with E-state index in [0.29, 0.717) is 6.61 Å². The molecule has 1 rings (SSSR count). The van der Waals surface area contributed by atoms with Crippen molar-refractivity contribution in [1.29, 1.82) is 5.26 Å². The summed E-state index contributed by atoms with van der Waals surface area (Å²) in [5.41, 5.74) is 3.92. The van der Waals surface area contributed by atoms with Gasteiger partial charge in [-0.25, -0.2) is 0 Å². The molecule has 2 nitrogen and oxygen atoms in total. The number of rotatable bonds is 6. The number of thiocyanates is 1. The van der Waals surface area contributed by atoms with Crippen LogP contribution in [0.2, 0.25) is 0 Å². The molecule has 0 atom stereocenters. The third-order valence-electron chi connectivity index (χ3n) is 2.91. The Kier molecular flexibility index (Phi) is 5.93. The highest BCUT2D eigenvalue weighted by Gasteiger charge is 2.06. The van der Waals surface area contributed by atoms with Gasteiger partial charge in [-0.05, 0) is 68.1 Å². The van der Waals surface area contributed by atoms with E-state index < -0.39 is 0 Å². The number of aryl methyl sites for hydroxylation is 1. The Morgan fingerprint density at radius 2 is 2.06 bits per heavy atom. The molecular weight excluding hydrogens is 230 g/mol. The first-order valence-corrected chi connectivity index (χ1v) is 6.92. The van der Waals surface area contributed by atoms with Gasteiger partial charge in [-0.1, -0.05) is 6.07 Å². The summed E-state index contributed by atoms with van der Waals surface area (Å²) < 4.78 is 5.57. The zero-order valence-electron chi connectivity index (χ0n) is 10.7. The first-order chi connectivity index (χ1) is 8.20. The quantitative estimate of drug-likeness (QED) is 0.567. The van der Waals surface area contributed by atoms with Crippen LogP contribution in [0.1, 0.15) is 30.0 Å². The molecule has 0 N–H and O–H groups in total. The minimum Gasteiger partial charge on any atom is -0.494 e. The molecule has 17 heavy (non-hydrogen) atoms. The second-order valence-corrected chi connectivity index (χ2v) is 4.83. The Morgan fingerprint density at radius 1 is 1.29 bits per heavy atom. The summed E-state index contributed by atoms with van der Waals surface area (Å²) in [6, 6.07) is 4.20. The van der Waals surface area contributed by atoms with E-state index in [0.717, 1.165) is 24.3 Å². The molecule has 1 aromatic rings. The van der Waals surface area contributed by atoms with Gasteiger partial charge in [-0.2, -0.15) is 5.26 Å². The fraction of sp³-hybridized carbons (Fsp3) is 0.500. The molecule has 1 aromatic carbocycles. The van der Waals surface area contributed by atoms with Crippen LogP contribution in [0, 0.1) is 24.5 Å². The highest BCUT2D eigenvalue weighted by molar-refractivity contribution is 8.03. The minimum absolute atomic E-state index is 0.707. The second kappa shape index (κ2) is 7.24. The number of nitriles is 1. The van der Waals surface area contributed by atoms with Crippen molar-refractivity contribution in [3.8, 4) is 11.2 Å². The van der Waals surface area contributed by atoms with E-state index in [4.69, 9.17) is 10.00 Å². The van der Waals surface area contributed by atoms with Gasteiger partial charge in [0.1, 0.15) is 11.2 Å². The van der Waals surface area contributed by atoms with Crippen molar-refractivity contribution in [1.82, 2.24) is 0 Å². The number of thioether (sulfide) groups is 1. The van der Waals surface area contributed by atoms with Crippen LogP contribution < -0.4 is 4.74 Å². The maximum atomic E-state index is 8.45. The summed E-state index contributed by atoms with van der Waals surface area (Å²) in [5, 5.41) is 10.6. The number of hydrogen-bond acceptors (Lipinski definition) is 3. The predicted molar refractivity (Wildman–Crippen MR) is 73.5 cm³/mol. The van der Waals surface area contributed by atoms with Crippen LogP contribution in [0.4, 0.5) is 0 Å². The van der Waals surface area contributed by atoms with Gasteiger partial charge >= 0.3 is 0 Å². The Balaban J connectivity index is 2.68. The van der Waals surface area contributed by atoms with E-state index in [1.807, 2.05) is 6.92 Å². The van der Waals surface area contributed by atoms with Crippen LogP contribution in [-0.4, -0.2) is 12.4 Å². The van der Waals surface area contributed by atoms with Crippen molar-refractivity contribution in [2.75, 3.05) is 12.4 Å². The number of nitrogens with zero attached hydrogens (tertiary/aromatic N) is 1. The van der Waals surface area contributed by atoms with Crippen molar-refractivity contribution in [2.45, 2.75) is 33.6 Å². The van der Waals surface area contributed by atoms with Crippen LogP contribution in [0.25, 0.3) is 0 Å². The molecule has 0 aliphatic rings. The summed E-state index contributed by atoms with van der Waals surface area (Å²) in [4.78, 5) is 0. The molecule has 0 saturated heterocycles. The molecule has 0 amide bonds. The summed E-state index contributed by atoms with van der Waals surface area (Å²) in [7, 11) is 0. The molecule has 0 spiro atoms. The van der Waals surface area contributed by atoms with E-state index in [9.17, 15) is 0 Å². The minimum atomic E-state index is 0.707. The number of benzene rings is 1. The van der Waals surface area contributed by atoms with E-state index in [1.165, 1.54) is 28.5 Å². The van der Waals surface area contributed by atoms with Crippen LogP contribution in [0.15, 0.2) is 12.1 Å². The lowest BCUT2D eigenvalue weighted by molar-refractivity contribution is 0.337. The Hall–Kier alpha value is -1.14. The SMILES string of the molecule is CCOc1ccc(CCCSC#N)c(C)c1C. The van der Waals surface area contributed by atoms with Crippen LogP contribution in [0.5, 0.6) is 5.75 Å². The number of hydrogen-bond donors (Lipinski definition) is 0. The maximum absolute atomic E-state index is 8.45. The smallest absolute Gasteiger partial charge is 0.133 e. The van der Waals surface area contributed by atoms with E-state index >= 15 is 0 Å². The highest BCUT2D eigenvalue weighted by atomic mass is 32.2. The van der Waals surface area contributed by atoms with Gasteiger partial charge in [0.25, 0.3) is 0 Å². The van der Waals surface area contributed by atoms with Crippen molar-refractivity contribution in [3.63, 3.8) is 0 Å². The first-order valence-electron chi connectivity index (χ1n) is 5.93. The Bertz CT molecular complexity index is 409. The van der Waals surface area contributed by atoms with Gasteiger partial charge in [0.15, 0.2) is 0 Å². The third-order valence-corrected chi connectivity index (χ3v) is 3.53. The van der Waals surface area contributed by atoms with Crippen molar-refractivity contribution in [2.24, 2.45) is 0 Å². The molecule has 0 radical (unpaired) electrons. The zero-order valence-corrected chi connectivity index (χ0v) is 11.6. The monoisotopic (exact) mass is 249 g/mol. The average Bonchev–Trinajstić information content (AvgIpc) is 2.33. The molecule has 0 aromatic heterocycles. The number of ether oxygens (including phenoxy) is 1. The molecule has 0 fully saturated rings. The topological polar surface area (TPSA) is 33.0 Å². The van der Waals surface area contributed by atoms with Gasteiger partial charge in [0, 0.05) is 5.75 Å². The summed E-state index contributed by atoms with van der Waals surface area (Å²) in [6.07, 6.45) is 2.08. The third kappa shape index (κ3) is 3.98. The van der Waals surface area contributed by atoms with E-state index in [1.54, 1.807) is 0 Å². The molecule has 3 heteroatoms. The lowest BCUT2D eigenvalue weighted by Crippen LogP contribution is -1.99. The maximum Gasteiger partial charge on any atom is 0.133 e. The van der Waals surface area contributed by atoms with Gasteiger partial charge in [0.05, 0.1) is 6.61 Å². The predicted octanol–water partition coefficient (Wildman–Crippen LogP) is 3.85. The lowest BCUT2D eigenvalue weighted by Gasteiger charge is -2.13. The largest absolute Gasteiger partial charge is 0.494 e. The van der Waals surface area contributed by atoms with Gasteiger partial charge < -0.3 is 4.74 Å². The lowest BCUT2D eigenvalue weighted by atomic mass is 9.99. The van der Waals surface area contributed by atoms with Crippen molar-refractivity contribution in [3.05, 3.63) is 28.8 Å². The summed E-state index contributed by atoms with van der Waals surface area (Å²) in [6.45, 7) is 6.96. The molecule has 92 valence electrons. The highest BCUT2D eigenvalue weighted by Crippen LogP contribution is 2.25. The van der Waals surface area contributed by atoms with E-state index in [2.05, 4.69) is 31.4 Å². The van der Waals surface area contributed by atoms with Gasteiger partial charge in [-0.15, -0.1) is 0 Å². The molecule has 0 aliphatic carbocycles. The second-order valence-electron chi connectivity index (χ2n) is 3.95. The molecule has 0 saturated carbocycles. The Labute approximate surface area is 108 Å². The normalized spacial score (nSPS) is 10.0. The summed E-state index contributed by atoms with van der Waals surface area (Å²) >= 11 is 1.33. The fourth-order valence-corrected chi connectivity index (χ4v) is 2.20. The molecule has 0 unspecified atom stereocenters. The molecule has 0 bridgehead atoms. The van der Waals surface area contributed by atoms with E-state index in [-0.39, 0.29) is 0 Å². The van der Waals surface area contributed by atoms with Crippen molar-refractivity contribution < 1.29 is 4.74 Å².